The van der Waals surface area contributed by atoms with Crippen LogP contribution in [0.5, 0.6) is 0 Å². The van der Waals surface area contributed by atoms with Crippen LogP contribution in [-0.4, -0.2) is 41.3 Å². The Bertz CT molecular complexity index is 653. The summed E-state index contributed by atoms with van der Waals surface area (Å²) < 4.78 is 11.2. The molecule has 2 N–H and O–H groups in total. The molecule has 1 amide bonds. The van der Waals surface area contributed by atoms with Gasteiger partial charge in [0.1, 0.15) is 5.54 Å². The van der Waals surface area contributed by atoms with Gasteiger partial charge in [0.2, 0.25) is 0 Å². The van der Waals surface area contributed by atoms with Gasteiger partial charge in [0.15, 0.2) is 0 Å². The number of hydrogen-bond acceptors (Lipinski definition) is 4. The third kappa shape index (κ3) is 3.76. The first kappa shape index (κ1) is 20.4. The molecule has 144 valence electrons. The van der Waals surface area contributed by atoms with Crippen LogP contribution in [0.25, 0.3) is 0 Å². The summed E-state index contributed by atoms with van der Waals surface area (Å²) in [5.74, 6) is -1.43. The normalized spacial score (nSPS) is 24.2. The number of carbonyl (C=O) groups excluding carboxylic acids is 1. The van der Waals surface area contributed by atoms with Crippen LogP contribution < -0.4 is 5.32 Å². The molecule has 0 spiro atoms. The predicted octanol–water partition coefficient (Wildman–Crippen LogP) is 3.00. The SMILES string of the molecule is CCOC1CC(NC(=O)c2ccc(COC(C)C)cc2)(C(=O)O)C1(C)C. The zero-order valence-corrected chi connectivity index (χ0v) is 16.2. The van der Waals surface area contributed by atoms with Gasteiger partial charge in [0.25, 0.3) is 5.91 Å². The van der Waals surface area contributed by atoms with Crippen molar-refractivity contribution in [1.82, 2.24) is 5.32 Å². The summed E-state index contributed by atoms with van der Waals surface area (Å²) in [5, 5.41) is 12.5. The molecule has 2 atom stereocenters. The van der Waals surface area contributed by atoms with E-state index in [0.717, 1.165) is 5.56 Å². The largest absolute Gasteiger partial charge is 0.479 e. The van der Waals surface area contributed by atoms with Crippen LogP contribution in [0.15, 0.2) is 24.3 Å². The van der Waals surface area contributed by atoms with E-state index in [-0.39, 0.29) is 18.6 Å². The Kier molecular flexibility index (Phi) is 6.09. The fourth-order valence-corrected chi connectivity index (χ4v) is 3.32. The number of carboxylic acids is 1. The van der Waals surface area contributed by atoms with Gasteiger partial charge in [-0.2, -0.15) is 0 Å². The van der Waals surface area contributed by atoms with Gasteiger partial charge in [-0.15, -0.1) is 0 Å². The third-order valence-corrected chi connectivity index (χ3v) is 5.26. The van der Waals surface area contributed by atoms with Crippen molar-refractivity contribution in [3.05, 3.63) is 35.4 Å². The first-order valence-electron chi connectivity index (χ1n) is 9.02. The Hall–Kier alpha value is -1.92. The smallest absolute Gasteiger partial charge is 0.330 e. The maximum atomic E-state index is 12.6. The van der Waals surface area contributed by atoms with Crippen LogP contribution in [0.2, 0.25) is 0 Å². The highest BCUT2D eigenvalue weighted by molar-refractivity contribution is 5.98. The van der Waals surface area contributed by atoms with E-state index in [0.29, 0.717) is 18.8 Å². The van der Waals surface area contributed by atoms with Gasteiger partial charge in [0, 0.05) is 24.0 Å². The van der Waals surface area contributed by atoms with Crippen LogP contribution in [0.1, 0.15) is 57.0 Å². The molecule has 0 aromatic heterocycles. The Labute approximate surface area is 154 Å². The first-order valence-corrected chi connectivity index (χ1v) is 9.02. The fourth-order valence-electron chi connectivity index (χ4n) is 3.32. The third-order valence-electron chi connectivity index (χ3n) is 5.26. The molecule has 1 aliphatic rings. The number of hydrogen-bond donors (Lipinski definition) is 2. The second kappa shape index (κ2) is 7.76. The highest BCUT2D eigenvalue weighted by atomic mass is 16.5. The number of aliphatic carboxylic acids is 1. The highest BCUT2D eigenvalue weighted by Gasteiger charge is 2.66. The van der Waals surface area contributed by atoms with Crippen molar-refractivity contribution < 1.29 is 24.2 Å². The van der Waals surface area contributed by atoms with Crippen LogP contribution in [-0.2, 0) is 20.9 Å². The van der Waals surface area contributed by atoms with Crippen molar-refractivity contribution in [2.75, 3.05) is 6.61 Å². The molecule has 1 fully saturated rings. The molecule has 0 radical (unpaired) electrons. The highest BCUT2D eigenvalue weighted by Crippen LogP contribution is 2.51. The molecule has 0 heterocycles. The minimum Gasteiger partial charge on any atom is -0.479 e. The van der Waals surface area contributed by atoms with Crippen LogP contribution >= 0.6 is 0 Å². The standard InChI is InChI=1S/C20H29NO5/c1-6-25-16-11-20(18(23)24,19(16,4)5)21-17(22)15-9-7-14(8-10-15)12-26-13(2)3/h7-10,13,16H,6,11-12H2,1-5H3,(H,21,22)(H,23,24). The summed E-state index contributed by atoms with van der Waals surface area (Å²) in [6.07, 6.45) is 0.196. The molecular weight excluding hydrogens is 334 g/mol. The van der Waals surface area contributed by atoms with E-state index in [4.69, 9.17) is 9.47 Å². The van der Waals surface area contributed by atoms with Gasteiger partial charge in [-0.3, -0.25) is 4.79 Å². The van der Waals surface area contributed by atoms with Crippen molar-refractivity contribution in [1.29, 1.82) is 0 Å². The Morgan fingerprint density at radius 3 is 2.35 bits per heavy atom. The molecule has 0 bridgehead atoms. The lowest BCUT2D eigenvalue weighted by Gasteiger charge is -2.58. The van der Waals surface area contributed by atoms with E-state index in [1.165, 1.54) is 0 Å². The lowest BCUT2D eigenvalue weighted by atomic mass is 9.54. The van der Waals surface area contributed by atoms with Crippen molar-refractivity contribution >= 4 is 11.9 Å². The Balaban J connectivity index is 2.11. The van der Waals surface area contributed by atoms with Crippen LogP contribution in [0, 0.1) is 5.41 Å². The van der Waals surface area contributed by atoms with E-state index in [9.17, 15) is 14.7 Å². The van der Waals surface area contributed by atoms with E-state index < -0.39 is 22.8 Å². The van der Waals surface area contributed by atoms with Gasteiger partial charge >= 0.3 is 5.97 Å². The number of ether oxygens (including phenoxy) is 2. The van der Waals surface area contributed by atoms with E-state index in [1.54, 1.807) is 12.1 Å². The number of nitrogens with one attached hydrogen (secondary N) is 1. The molecule has 26 heavy (non-hydrogen) atoms. The maximum Gasteiger partial charge on any atom is 0.330 e. The van der Waals surface area contributed by atoms with Gasteiger partial charge in [-0.1, -0.05) is 26.0 Å². The van der Waals surface area contributed by atoms with Gasteiger partial charge in [0.05, 0.1) is 18.8 Å². The minimum atomic E-state index is -1.33. The zero-order valence-electron chi connectivity index (χ0n) is 16.2. The predicted molar refractivity (Wildman–Crippen MR) is 98.0 cm³/mol. The van der Waals surface area contributed by atoms with Crippen molar-refractivity contribution in [2.45, 2.75) is 65.4 Å². The number of rotatable bonds is 8. The van der Waals surface area contributed by atoms with Crippen LogP contribution in [0.4, 0.5) is 0 Å². The van der Waals surface area contributed by atoms with Gasteiger partial charge < -0.3 is 19.9 Å². The quantitative estimate of drug-likeness (QED) is 0.742. The van der Waals surface area contributed by atoms with Crippen molar-refractivity contribution in [3.8, 4) is 0 Å². The van der Waals surface area contributed by atoms with Crippen molar-refractivity contribution in [2.24, 2.45) is 5.41 Å². The monoisotopic (exact) mass is 363 g/mol. The molecule has 6 heteroatoms. The summed E-state index contributed by atoms with van der Waals surface area (Å²) in [4.78, 5) is 24.6. The molecule has 1 aliphatic carbocycles. The number of carbonyl (C=O) groups is 2. The molecule has 0 aliphatic heterocycles. The molecule has 6 nitrogen and oxygen atoms in total. The number of carboxylic acid groups (broad SMARTS) is 1. The maximum absolute atomic E-state index is 12.6. The second-order valence-corrected chi connectivity index (χ2v) is 7.59. The Morgan fingerprint density at radius 2 is 1.88 bits per heavy atom. The lowest BCUT2D eigenvalue weighted by Crippen LogP contribution is -2.76. The first-order chi connectivity index (χ1) is 12.1. The second-order valence-electron chi connectivity index (χ2n) is 7.59. The minimum absolute atomic E-state index is 0.132. The summed E-state index contributed by atoms with van der Waals surface area (Å²) in [6, 6.07) is 7.02. The molecule has 0 saturated heterocycles. The molecule has 1 aromatic rings. The van der Waals surface area contributed by atoms with Crippen LogP contribution in [0.3, 0.4) is 0 Å². The molecule has 2 unspecified atom stereocenters. The zero-order chi connectivity index (χ0) is 19.5. The topological polar surface area (TPSA) is 84.9 Å². The lowest BCUT2D eigenvalue weighted by molar-refractivity contribution is -0.190. The van der Waals surface area contributed by atoms with Gasteiger partial charge in [-0.05, 0) is 38.5 Å². The van der Waals surface area contributed by atoms with E-state index >= 15 is 0 Å². The molecular formula is C20H29NO5. The number of benzene rings is 1. The fraction of sp³-hybridized carbons (Fsp3) is 0.600. The molecule has 1 saturated carbocycles. The molecule has 2 rings (SSSR count). The Morgan fingerprint density at radius 1 is 1.27 bits per heavy atom. The summed E-state index contributed by atoms with van der Waals surface area (Å²) in [6.45, 7) is 10.4. The average molecular weight is 363 g/mol. The summed E-state index contributed by atoms with van der Waals surface area (Å²) in [7, 11) is 0. The van der Waals surface area contributed by atoms with E-state index in [2.05, 4.69) is 5.32 Å². The summed E-state index contributed by atoms with van der Waals surface area (Å²) >= 11 is 0. The van der Waals surface area contributed by atoms with Crippen molar-refractivity contribution in [3.63, 3.8) is 0 Å². The number of amides is 1. The van der Waals surface area contributed by atoms with E-state index in [1.807, 2.05) is 46.8 Å². The average Bonchev–Trinajstić information content (AvgIpc) is 2.58. The summed E-state index contributed by atoms with van der Waals surface area (Å²) in [5.41, 5.74) is -0.642. The van der Waals surface area contributed by atoms with Gasteiger partial charge in [-0.25, -0.2) is 4.79 Å². The molecule has 1 aromatic carbocycles.